The standard InChI is InChI=1S/C15H27NO3S/c1-12(5-4-10-16-20(17)18)11-14-9-8-13-6-2-3-7-15(13)19-14/h12,14,16H,2-11H2,1H3,(H,17,18). The van der Waals surface area contributed by atoms with Crippen LogP contribution in [0.1, 0.15) is 64.7 Å². The second-order valence-corrected chi connectivity index (χ2v) is 6.93. The Labute approximate surface area is 124 Å². The van der Waals surface area contributed by atoms with Gasteiger partial charge in [-0.15, -0.1) is 0 Å². The van der Waals surface area contributed by atoms with E-state index in [-0.39, 0.29) is 0 Å². The highest BCUT2D eigenvalue weighted by Crippen LogP contribution is 2.36. The predicted octanol–water partition coefficient (Wildman–Crippen LogP) is 3.53. The molecule has 0 aromatic heterocycles. The smallest absolute Gasteiger partial charge is 0.231 e. The molecule has 4 nitrogen and oxygen atoms in total. The number of rotatable bonds is 7. The maximum Gasteiger partial charge on any atom is 0.231 e. The van der Waals surface area contributed by atoms with E-state index in [9.17, 15) is 4.21 Å². The van der Waals surface area contributed by atoms with Gasteiger partial charge >= 0.3 is 0 Å². The van der Waals surface area contributed by atoms with E-state index in [0.29, 0.717) is 18.6 Å². The fourth-order valence-corrected chi connectivity index (χ4v) is 3.60. The minimum atomic E-state index is -1.87. The molecule has 1 aliphatic carbocycles. The number of hydrogen-bond acceptors (Lipinski definition) is 2. The van der Waals surface area contributed by atoms with Crippen molar-refractivity contribution in [3.05, 3.63) is 11.3 Å². The number of nitrogens with one attached hydrogen (secondary N) is 1. The van der Waals surface area contributed by atoms with Crippen LogP contribution in [-0.2, 0) is 16.0 Å². The third kappa shape index (κ3) is 5.19. The first kappa shape index (κ1) is 16.0. The number of allylic oxidation sites excluding steroid dienone is 2. The first-order chi connectivity index (χ1) is 9.65. The molecule has 2 N–H and O–H groups in total. The highest BCUT2D eigenvalue weighted by Gasteiger charge is 2.25. The summed E-state index contributed by atoms with van der Waals surface area (Å²) < 4.78 is 27.8. The van der Waals surface area contributed by atoms with Gasteiger partial charge in [0.2, 0.25) is 11.3 Å². The maximum atomic E-state index is 10.5. The van der Waals surface area contributed by atoms with Gasteiger partial charge < -0.3 is 4.74 Å². The zero-order valence-corrected chi connectivity index (χ0v) is 13.2. The zero-order valence-electron chi connectivity index (χ0n) is 12.4. The van der Waals surface area contributed by atoms with Crippen LogP contribution in [0.5, 0.6) is 0 Å². The van der Waals surface area contributed by atoms with Crippen LogP contribution < -0.4 is 4.72 Å². The molecule has 0 amide bonds. The summed E-state index contributed by atoms with van der Waals surface area (Å²) in [5.41, 5.74) is 1.58. The second-order valence-electron chi connectivity index (χ2n) is 6.14. The van der Waals surface area contributed by atoms with E-state index in [1.807, 2.05) is 0 Å². The fourth-order valence-electron chi connectivity index (χ4n) is 3.28. The minimum Gasteiger partial charge on any atom is -0.495 e. The molecule has 3 atom stereocenters. The van der Waals surface area contributed by atoms with Crippen LogP contribution >= 0.6 is 0 Å². The molecule has 0 aromatic rings. The van der Waals surface area contributed by atoms with Crippen LogP contribution in [0.2, 0.25) is 0 Å². The third-order valence-electron chi connectivity index (χ3n) is 4.37. The van der Waals surface area contributed by atoms with Crippen molar-refractivity contribution in [3.63, 3.8) is 0 Å². The molecule has 116 valence electrons. The molecule has 3 unspecified atom stereocenters. The Balaban J connectivity index is 1.66. The van der Waals surface area contributed by atoms with Crippen molar-refractivity contribution in [2.24, 2.45) is 5.92 Å². The molecule has 0 aromatic carbocycles. The Morgan fingerprint density at radius 1 is 1.40 bits per heavy atom. The Morgan fingerprint density at radius 3 is 3.00 bits per heavy atom. The summed E-state index contributed by atoms with van der Waals surface area (Å²) in [4.78, 5) is 0. The molecule has 0 spiro atoms. The summed E-state index contributed by atoms with van der Waals surface area (Å²) in [5, 5.41) is 0. The largest absolute Gasteiger partial charge is 0.495 e. The highest BCUT2D eigenvalue weighted by atomic mass is 32.2. The summed E-state index contributed by atoms with van der Waals surface area (Å²) >= 11 is -1.87. The van der Waals surface area contributed by atoms with Gasteiger partial charge in [-0.05, 0) is 62.9 Å². The monoisotopic (exact) mass is 301 g/mol. The lowest BCUT2D eigenvalue weighted by molar-refractivity contribution is 0.0592. The van der Waals surface area contributed by atoms with Gasteiger partial charge in [-0.2, -0.15) is 0 Å². The van der Waals surface area contributed by atoms with Gasteiger partial charge in [0.25, 0.3) is 0 Å². The molecule has 5 heteroatoms. The van der Waals surface area contributed by atoms with Crippen LogP contribution in [0.25, 0.3) is 0 Å². The van der Waals surface area contributed by atoms with E-state index in [4.69, 9.17) is 9.29 Å². The van der Waals surface area contributed by atoms with Crippen LogP contribution in [0.15, 0.2) is 11.3 Å². The van der Waals surface area contributed by atoms with Gasteiger partial charge in [0.05, 0.1) is 11.9 Å². The summed E-state index contributed by atoms with van der Waals surface area (Å²) in [6, 6.07) is 0. The molecule has 2 rings (SSSR count). The van der Waals surface area contributed by atoms with Gasteiger partial charge in [-0.25, -0.2) is 8.93 Å². The molecule has 1 aliphatic heterocycles. The van der Waals surface area contributed by atoms with E-state index in [2.05, 4.69) is 11.6 Å². The molecule has 0 fully saturated rings. The zero-order chi connectivity index (χ0) is 14.4. The second kappa shape index (κ2) is 8.15. The van der Waals surface area contributed by atoms with Gasteiger partial charge in [0, 0.05) is 13.0 Å². The number of hydrogen-bond donors (Lipinski definition) is 2. The summed E-state index contributed by atoms with van der Waals surface area (Å²) in [5.74, 6) is 1.91. The van der Waals surface area contributed by atoms with Crippen LogP contribution in [0.4, 0.5) is 0 Å². The first-order valence-electron chi connectivity index (χ1n) is 7.87. The van der Waals surface area contributed by atoms with Gasteiger partial charge in [-0.1, -0.05) is 6.92 Å². The van der Waals surface area contributed by atoms with Crippen molar-refractivity contribution in [2.75, 3.05) is 6.54 Å². The molecule has 0 saturated carbocycles. The SMILES string of the molecule is CC(CCCNS(=O)O)CC1CCC2=C(CCCC2)O1. The van der Waals surface area contributed by atoms with E-state index in [1.54, 1.807) is 5.57 Å². The maximum absolute atomic E-state index is 10.5. The number of ether oxygens (including phenoxy) is 1. The lowest BCUT2D eigenvalue weighted by Gasteiger charge is -2.32. The molecule has 0 saturated heterocycles. The van der Waals surface area contributed by atoms with Crippen molar-refractivity contribution < 1.29 is 13.5 Å². The summed E-state index contributed by atoms with van der Waals surface area (Å²) in [6.45, 7) is 2.86. The lowest BCUT2D eigenvalue weighted by atomic mass is 9.88. The lowest BCUT2D eigenvalue weighted by Crippen LogP contribution is -2.23. The van der Waals surface area contributed by atoms with E-state index >= 15 is 0 Å². The average molecular weight is 301 g/mol. The molecule has 1 heterocycles. The molecule has 20 heavy (non-hydrogen) atoms. The first-order valence-corrected chi connectivity index (χ1v) is 8.97. The van der Waals surface area contributed by atoms with E-state index in [1.165, 1.54) is 37.9 Å². The minimum absolute atomic E-state index is 0.391. The van der Waals surface area contributed by atoms with Crippen LogP contribution in [0.3, 0.4) is 0 Å². The highest BCUT2D eigenvalue weighted by molar-refractivity contribution is 7.77. The molecule has 0 radical (unpaired) electrons. The predicted molar refractivity (Wildman–Crippen MR) is 81.4 cm³/mol. The molecular weight excluding hydrogens is 274 g/mol. The molecular formula is C15H27NO3S. The van der Waals surface area contributed by atoms with Gasteiger partial charge in [-0.3, -0.25) is 4.55 Å². The topological polar surface area (TPSA) is 58.6 Å². The van der Waals surface area contributed by atoms with Gasteiger partial charge in [0.1, 0.15) is 0 Å². The molecule has 2 aliphatic rings. The average Bonchev–Trinajstić information content (AvgIpc) is 2.43. The van der Waals surface area contributed by atoms with Crippen LogP contribution in [-0.4, -0.2) is 21.4 Å². The Morgan fingerprint density at radius 2 is 2.20 bits per heavy atom. The molecule has 0 bridgehead atoms. The summed E-state index contributed by atoms with van der Waals surface area (Å²) in [7, 11) is 0. The fraction of sp³-hybridized carbons (Fsp3) is 0.867. The normalized spacial score (nSPS) is 25.8. The van der Waals surface area contributed by atoms with E-state index < -0.39 is 11.3 Å². The van der Waals surface area contributed by atoms with Crippen molar-refractivity contribution in [1.82, 2.24) is 4.72 Å². The van der Waals surface area contributed by atoms with E-state index in [0.717, 1.165) is 25.7 Å². The Bertz CT molecular complexity index is 370. The van der Waals surface area contributed by atoms with Crippen molar-refractivity contribution in [2.45, 2.75) is 70.8 Å². The van der Waals surface area contributed by atoms with Crippen molar-refractivity contribution >= 4 is 11.3 Å². The van der Waals surface area contributed by atoms with Crippen molar-refractivity contribution in [1.29, 1.82) is 0 Å². The summed E-state index contributed by atoms with van der Waals surface area (Å²) in [6.07, 6.45) is 10.9. The van der Waals surface area contributed by atoms with Gasteiger partial charge in [0.15, 0.2) is 0 Å². The third-order valence-corrected chi connectivity index (χ3v) is 4.82. The Kier molecular flexibility index (Phi) is 6.52. The quantitative estimate of drug-likeness (QED) is 0.558. The Hall–Kier alpha value is -0.390. The van der Waals surface area contributed by atoms with Crippen LogP contribution in [0, 0.1) is 5.92 Å². The van der Waals surface area contributed by atoms with Crippen molar-refractivity contribution in [3.8, 4) is 0 Å².